The lowest BCUT2D eigenvalue weighted by atomic mass is 10.1. The number of hydrogen-bond donors (Lipinski definition) is 3. The number of carboxylic acid groups (broad SMARTS) is 1. The van der Waals surface area contributed by atoms with Crippen LogP contribution in [0, 0.1) is 12.7 Å². The van der Waals surface area contributed by atoms with Gasteiger partial charge in [0, 0.05) is 0 Å². The first-order chi connectivity index (χ1) is 7.29. The third-order valence-electron chi connectivity index (χ3n) is 1.89. The Bertz CT molecular complexity index is 540. The van der Waals surface area contributed by atoms with Crippen LogP contribution >= 0.6 is 0 Å². The minimum Gasteiger partial charge on any atom is -0.478 e. The quantitative estimate of drug-likeness (QED) is 0.677. The van der Waals surface area contributed by atoms with Crippen LogP contribution in [0.25, 0.3) is 0 Å². The molecule has 0 fully saturated rings. The van der Waals surface area contributed by atoms with Gasteiger partial charge < -0.3 is 10.3 Å². The average molecular weight is 249 g/mol. The van der Waals surface area contributed by atoms with Crippen molar-refractivity contribution in [1.82, 2.24) is 4.89 Å². The predicted octanol–water partition coefficient (Wildman–Crippen LogP) is 0.500. The van der Waals surface area contributed by atoms with Gasteiger partial charge in [-0.2, -0.15) is 0 Å². The van der Waals surface area contributed by atoms with Crippen molar-refractivity contribution in [2.24, 2.45) is 0 Å². The third kappa shape index (κ3) is 2.18. The van der Waals surface area contributed by atoms with Crippen molar-refractivity contribution in [1.29, 1.82) is 0 Å². The Hall–Kier alpha value is -1.51. The Labute approximate surface area is 90.3 Å². The maximum Gasteiger partial charge on any atom is 0.338 e. The van der Waals surface area contributed by atoms with E-state index in [0.29, 0.717) is 6.07 Å². The molecule has 0 aliphatic carbocycles. The molecule has 0 saturated carbocycles. The highest BCUT2D eigenvalue weighted by Gasteiger charge is 2.20. The summed E-state index contributed by atoms with van der Waals surface area (Å²) < 4.78 is 35.6. The summed E-state index contributed by atoms with van der Waals surface area (Å²) in [5, 5.41) is 17.0. The van der Waals surface area contributed by atoms with Gasteiger partial charge in [0.05, 0.1) is 10.5 Å². The maximum atomic E-state index is 13.3. The molecular weight excluding hydrogens is 241 g/mol. The van der Waals surface area contributed by atoms with Crippen LogP contribution < -0.4 is 4.89 Å². The fraction of sp³-hybridized carbons (Fsp3) is 0.125. The predicted molar refractivity (Wildman–Crippen MR) is 50.2 cm³/mol. The normalized spacial score (nSPS) is 11.4. The zero-order valence-corrected chi connectivity index (χ0v) is 8.88. The van der Waals surface area contributed by atoms with E-state index in [0.717, 1.165) is 11.0 Å². The van der Waals surface area contributed by atoms with Crippen molar-refractivity contribution in [2.75, 3.05) is 0 Å². The van der Waals surface area contributed by atoms with E-state index in [1.807, 2.05) is 0 Å². The molecule has 0 spiro atoms. The second-order valence-electron chi connectivity index (χ2n) is 3.00. The van der Waals surface area contributed by atoms with Gasteiger partial charge in [-0.25, -0.2) is 17.6 Å². The van der Waals surface area contributed by atoms with E-state index in [9.17, 15) is 17.6 Å². The van der Waals surface area contributed by atoms with Gasteiger partial charge in [-0.1, -0.05) is 4.89 Å². The topological polar surface area (TPSA) is 104 Å². The van der Waals surface area contributed by atoms with Crippen molar-refractivity contribution in [3.8, 4) is 0 Å². The summed E-state index contributed by atoms with van der Waals surface area (Å²) in [6.07, 6.45) is 0. The second-order valence-corrected chi connectivity index (χ2v) is 4.66. The molecule has 0 unspecified atom stereocenters. The fourth-order valence-corrected chi connectivity index (χ4v) is 1.81. The molecule has 1 aromatic rings. The largest absolute Gasteiger partial charge is 0.478 e. The zero-order valence-electron chi connectivity index (χ0n) is 8.06. The molecule has 0 radical (unpaired) electrons. The summed E-state index contributed by atoms with van der Waals surface area (Å²) in [6.45, 7) is 1.22. The van der Waals surface area contributed by atoms with Crippen molar-refractivity contribution in [2.45, 2.75) is 11.8 Å². The first kappa shape index (κ1) is 12.6. The highest BCUT2D eigenvalue weighted by atomic mass is 32.2. The number of sulfonamides is 1. The van der Waals surface area contributed by atoms with Crippen molar-refractivity contribution in [3.63, 3.8) is 0 Å². The lowest BCUT2D eigenvalue weighted by Gasteiger charge is -2.06. The lowest BCUT2D eigenvalue weighted by Crippen LogP contribution is -2.20. The van der Waals surface area contributed by atoms with E-state index >= 15 is 0 Å². The number of halogens is 1. The highest BCUT2D eigenvalue weighted by Crippen LogP contribution is 2.19. The molecule has 88 valence electrons. The van der Waals surface area contributed by atoms with Crippen LogP contribution in [0.4, 0.5) is 4.39 Å². The minimum atomic E-state index is -4.22. The number of benzene rings is 1. The Morgan fingerprint density at radius 3 is 2.44 bits per heavy atom. The number of aryl methyl sites for hydroxylation is 1. The van der Waals surface area contributed by atoms with Crippen LogP contribution in [-0.4, -0.2) is 24.7 Å². The number of carbonyl (C=O) groups is 1. The minimum absolute atomic E-state index is 0.145. The highest BCUT2D eigenvalue weighted by molar-refractivity contribution is 7.89. The van der Waals surface area contributed by atoms with Crippen molar-refractivity contribution in [3.05, 3.63) is 29.1 Å². The molecule has 0 amide bonds. The van der Waals surface area contributed by atoms with Gasteiger partial charge in [-0.3, -0.25) is 0 Å². The maximum absolute atomic E-state index is 13.3. The number of nitrogens with one attached hydrogen (secondary N) is 1. The molecule has 8 heteroatoms. The Morgan fingerprint density at radius 1 is 1.44 bits per heavy atom. The van der Waals surface area contributed by atoms with Crippen LogP contribution in [0.3, 0.4) is 0 Å². The summed E-state index contributed by atoms with van der Waals surface area (Å²) in [4.78, 5) is 11.1. The summed E-state index contributed by atoms with van der Waals surface area (Å²) in [7, 11) is -4.22. The Morgan fingerprint density at radius 2 is 2.00 bits per heavy atom. The molecule has 0 bridgehead atoms. The van der Waals surface area contributed by atoms with Gasteiger partial charge in [-0.05, 0) is 24.6 Å². The molecule has 0 saturated heterocycles. The first-order valence-corrected chi connectivity index (χ1v) is 5.47. The van der Waals surface area contributed by atoms with Gasteiger partial charge in [0.15, 0.2) is 0 Å². The molecule has 0 atom stereocenters. The summed E-state index contributed by atoms with van der Waals surface area (Å²) in [5.41, 5.74) is -0.914. The van der Waals surface area contributed by atoms with Gasteiger partial charge in [0.25, 0.3) is 10.0 Å². The van der Waals surface area contributed by atoms with Crippen molar-refractivity contribution >= 4 is 16.0 Å². The molecule has 3 N–H and O–H groups in total. The van der Waals surface area contributed by atoms with Crippen LogP contribution in [0.5, 0.6) is 0 Å². The van der Waals surface area contributed by atoms with Gasteiger partial charge in [0.2, 0.25) is 0 Å². The standard InChI is InChI=1S/C8H8FNO5S/c1-4-2-5(16(14,15)10-13)3-6(7(4)9)8(11)12/h2-3,10,13H,1H3,(H,11,12). The summed E-state index contributed by atoms with van der Waals surface area (Å²) in [5.74, 6) is -2.60. The molecule has 16 heavy (non-hydrogen) atoms. The van der Waals surface area contributed by atoms with E-state index in [-0.39, 0.29) is 5.56 Å². The lowest BCUT2D eigenvalue weighted by molar-refractivity contribution is 0.0691. The SMILES string of the molecule is Cc1cc(S(=O)(=O)NO)cc(C(=O)O)c1F. The van der Waals surface area contributed by atoms with E-state index in [1.165, 1.54) is 6.92 Å². The van der Waals surface area contributed by atoms with Crippen LogP contribution in [0.2, 0.25) is 0 Å². The third-order valence-corrected chi connectivity index (χ3v) is 2.99. The number of carboxylic acids is 1. The molecule has 0 heterocycles. The van der Waals surface area contributed by atoms with Crippen molar-refractivity contribution < 1.29 is 27.9 Å². The molecule has 0 aromatic heterocycles. The van der Waals surface area contributed by atoms with E-state index in [1.54, 1.807) is 0 Å². The molecule has 0 aliphatic rings. The van der Waals surface area contributed by atoms with Crippen LogP contribution in [0.15, 0.2) is 17.0 Å². The molecular formula is C8H8FNO5S. The Balaban J connectivity index is 3.53. The molecule has 1 rings (SSSR count). The zero-order chi connectivity index (χ0) is 12.5. The number of aromatic carboxylic acids is 1. The summed E-state index contributed by atoms with van der Waals surface area (Å²) in [6, 6.07) is 1.55. The Kier molecular flexibility index (Phi) is 3.27. The molecule has 1 aromatic carbocycles. The van der Waals surface area contributed by atoms with E-state index in [2.05, 4.69) is 0 Å². The fourth-order valence-electron chi connectivity index (χ4n) is 1.10. The summed E-state index contributed by atoms with van der Waals surface area (Å²) >= 11 is 0. The van der Waals surface area contributed by atoms with Gasteiger partial charge in [0.1, 0.15) is 5.82 Å². The van der Waals surface area contributed by atoms with Gasteiger partial charge in [-0.15, -0.1) is 0 Å². The monoisotopic (exact) mass is 249 g/mol. The second kappa shape index (κ2) is 4.16. The van der Waals surface area contributed by atoms with E-state index < -0.39 is 32.3 Å². The van der Waals surface area contributed by atoms with Gasteiger partial charge >= 0.3 is 5.97 Å². The number of rotatable bonds is 3. The van der Waals surface area contributed by atoms with Crippen LogP contribution in [-0.2, 0) is 10.0 Å². The van der Waals surface area contributed by atoms with Crippen LogP contribution in [0.1, 0.15) is 15.9 Å². The average Bonchev–Trinajstić information content (AvgIpc) is 2.21. The van der Waals surface area contributed by atoms with E-state index in [4.69, 9.17) is 10.3 Å². The molecule has 6 nitrogen and oxygen atoms in total. The first-order valence-electron chi connectivity index (χ1n) is 3.99. The molecule has 0 aliphatic heterocycles. The number of hydrogen-bond acceptors (Lipinski definition) is 4. The smallest absolute Gasteiger partial charge is 0.338 e.